The number of aryl methyl sites for hydroxylation is 2. The van der Waals surface area contributed by atoms with Gasteiger partial charge in [-0.3, -0.25) is 4.79 Å². The highest BCUT2D eigenvalue weighted by molar-refractivity contribution is 7.94. The van der Waals surface area contributed by atoms with Gasteiger partial charge in [0.05, 0.1) is 17.4 Å². The van der Waals surface area contributed by atoms with Gasteiger partial charge >= 0.3 is 6.18 Å². The van der Waals surface area contributed by atoms with Crippen molar-refractivity contribution < 1.29 is 26.4 Å². The molecule has 0 saturated heterocycles. The van der Waals surface area contributed by atoms with Crippen molar-refractivity contribution >= 4 is 21.4 Å². The van der Waals surface area contributed by atoms with Gasteiger partial charge in [-0.15, -0.1) is 0 Å². The smallest absolute Gasteiger partial charge is 0.300 e. The molecule has 1 aliphatic heterocycles. The number of anilines is 1. The third kappa shape index (κ3) is 4.11. The fraction of sp³-hybridized carbons (Fsp3) is 0.250. The molecule has 2 aromatic carbocycles. The Hall–Kier alpha value is -2.61. The van der Waals surface area contributed by atoms with Crippen LogP contribution in [0.2, 0.25) is 0 Å². The van der Waals surface area contributed by atoms with E-state index in [1.54, 1.807) is 18.2 Å². The molecule has 0 saturated carbocycles. The van der Waals surface area contributed by atoms with Crippen LogP contribution in [0.15, 0.2) is 53.9 Å². The van der Waals surface area contributed by atoms with Crippen LogP contribution in [-0.2, 0) is 16.0 Å². The second-order valence-electron chi connectivity index (χ2n) is 6.75. The number of benzene rings is 2. The number of amides is 1. The molecular weight excluding hydrogens is 391 g/mol. The fourth-order valence-electron chi connectivity index (χ4n) is 3.02. The van der Waals surface area contributed by atoms with E-state index in [4.69, 9.17) is 0 Å². The molecule has 0 fully saturated rings. The number of carbonyl (C=O) groups excluding carboxylic acids is 1. The number of halogens is 3. The first-order valence-electron chi connectivity index (χ1n) is 8.47. The van der Waals surface area contributed by atoms with Crippen molar-refractivity contribution in [3.63, 3.8) is 0 Å². The lowest BCUT2D eigenvalue weighted by molar-refractivity contribution is -0.137. The third-order valence-corrected chi connectivity index (χ3v) is 6.05. The molecule has 148 valence electrons. The SMILES string of the molecule is Cc1ccc(N(C(=O)c2cccc(C(F)(F)F)c2)[C@@H]2C=CS(=O)(=O)C2)cc1C. The summed E-state index contributed by atoms with van der Waals surface area (Å²) in [6, 6.07) is 8.49. The van der Waals surface area contributed by atoms with E-state index in [9.17, 15) is 26.4 Å². The molecule has 0 radical (unpaired) electrons. The molecule has 0 unspecified atom stereocenters. The largest absolute Gasteiger partial charge is 0.416 e. The molecule has 2 aromatic rings. The lowest BCUT2D eigenvalue weighted by Crippen LogP contribution is -2.41. The summed E-state index contributed by atoms with van der Waals surface area (Å²) >= 11 is 0. The maximum atomic E-state index is 13.1. The average Bonchev–Trinajstić information content (AvgIpc) is 2.97. The highest BCUT2D eigenvalue weighted by atomic mass is 32.2. The number of rotatable bonds is 3. The minimum absolute atomic E-state index is 0.161. The Morgan fingerprint density at radius 3 is 2.36 bits per heavy atom. The van der Waals surface area contributed by atoms with Crippen molar-refractivity contribution in [2.75, 3.05) is 10.7 Å². The minimum atomic E-state index is -4.59. The first-order chi connectivity index (χ1) is 13.0. The number of nitrogens with zero attached hydrogens (tertiary/aromatic N) is 1. The molecule has 1 heterocycles. The van der Waals surface area contributed by atoms with Crippen molar-refractivity contribution in [2.24, 2.45) is 0 Å². The normalized spacial score (nSPS) is 18.2. The average molecular weight is 409 g/mol. The summed E-state index contributed by atoms with van der Waals surface area (Å²) in [5, 5.41) is 1.03. The van der Waals surface area contributed by atoms with E-state index in [1.807, 2.05) is 13.8 Å². The predicted octanol–water partition coefficient (Wildman–Crippen LogP) is 4.28. The highest BCUT2D eigenvalue weighted by Crippen LogP contribution is 2.31. The summed E-state index contributed by atoms with van der Waals surface area (Å²) in [6.45, 7) is 3.73. The number of alkyl halides is 3. The van der Waals surface area contributed by atoms with Crippen LogP contribution >= 0.6 is 0 Å². The zero-order chi connectivity index (χ0) is 20.7. The minimum Gasteiger partial charge on any atom is -0.300 e. The standard InChI is InChI=1S/C20H18F3NO3S/c1-13-6-7-17(10-14(13)2)24(18-8-9-28(26,27)12-18)19(25)15-4-3-5-16(11-15)20(21,22)23/h3-11,18H,12H2,1-2H3/t18-/m1/s1. The number of sulfone groups is 1. The number of carbonyl (C=O) groups is 1. The van der Waals surface area contributed by atoms with Crippen molar-refractivity contribution in [1.29, 1.82) is 0 Å². The molecule has 8 heteroatoms. The molecule has 28 heavy (non-hydrogen) atoms. The predicted molar refractivity (Wildman–Crippen MR) is 101 cm³/mol. The van der Waals surface area contributed by atoms with E-state index < -0.39 is 33.5 Å². The lowest BCUT2D eigenvalue weighted by atomic mass is 10.1. The van der Waals surface area contributed by atoms with Crippen molar-refractivity contribution in [1.82, 2.24) is 0 Å². The van der Waals surface area contributed by atoms with Gasteiger partial charge in [0.15, 0.2) is 9.84 Å². The summed E-state index contributed by atoms with van der Waals surface area (Å²) in [5.74, 6) is -1.01. The van der Waals surface area contributed by atoms with Crippen molar-refractivity contribution in [3.8, 4) is 0 Å². The van der Waals surface area contributed by atoms with E-state index in [1.165, 1.54) is 17.0 Å². The van der Waals surface area contributed by atoms with E-state index in [0.717, 1.165) is 34.7 Å². The van der Waals surface area contributed by atoms with Gasteiger partial charge in [0, 0.05) is 16.7 Å². The maximum Gasteiger partial charge on any atom is 0.416 e. The zero-order valence-corrected chi connectivity index (χ0v) is 16.0. The van der Waals surface area contributed by atoms with Crippen LogP contribution in [0.3, 0.4) is 0 Å². The molecule has 0 aliphatic carbocycles. The summed E-state index contributed by atoms with van der Waals surface area (Å²) < 4.78 is 62.9. The number of hydrogen-bond acceptors (Lipinski definition) is 3. The Morgan fingerprint density at radius 2 is 1.79 bits per heavy atom. The molecular formula is C20H18F3NO3S. The van der Waals surface area contributed by atoms with Gasteiger partial charge in [-0.1, -0.05) is 12.1 Å². The van der Waals surface area contributed by atoms with Gasteiger partial charge in [0.1, 0.15) is 0 Å². The molecule has 1 amide bonds. The van der Waals surface area contributed by atoms with E-state index in [0.29, 0.717) is 5.69 Å². The second kappa shape index (κ2) is 7.09. The quantitative estimate of drug-likeness (QED) is 0.760. The molecule has 1 atom stereocenters. The molecule has 0 N–H and O–H groups in total. The topological polar surface area (TPSA) is 54.5 Å². The Labute approximate surface area is 161 Å². The second-order valence-corrected chi connectivity index (χ2v) is 8.68. The highest BCUT2D eigenvalue weighted by Gasteiger charge is 2.34. The van der Waals surface area contributed by atoms with Gasteiger partial charge in [-0.2, -0.15) is 13.2 Å². The Bertz CT molecular complexity index is 1060. The fourth-order valence-corrected chi connectivity index (χ4v) is 4.29. The molecule has 4 nitrogen and oxygen atoms in total. The van der Waals surface area contributed by atoms with E-state index in [2.05, 4.69) is 0 Å². The van der Waals surface area contributed by atoms with Gasteiger partial charge in [-0.05, 0) is 61.4 Å². The van der Waals surface area contributed by atoms with Gasteiger partial charge in [0.25, 0.3) is 5.91 Å². The van der Waals surface area contributed by atoms with E-state index in [-0.39, 0.29) is 11.3 Å². The van der Waals surface area contributed by atoms with Crippen LogP contribution in [0.25, 0.3) is 0 Å². The summed E-state index contributed by atoms with van der Waals surface area (Å²) in [6.07, 6.45) is -3.20. The first-order valence-corrected chi connectivity index (χ1v) is 10.2. The van der Waals surface area contributed by atoms with Crippen LogP contribution in [0.5, 0.6) is 0 Å². The monoisotopic (exact) mass is 409 g/mol. The number of hydrogen-bond donors (Lipinski definition) is 0. The van der Waals surface area contributed by atoms with Gasteiger partial charge in [-0.25, -0.2) is 8.42 Å². The van der Waals surface area contributed by atoms with Gasteiger partial charge in [0.2, 0.25) is 0 Å². The Balaban J connectivity index is 2.08. The van der Waals surface area contributed by atoms with Crippen LogP contribution in [0.1, 0.15) is 27.0 Å². The van der Waals surface area contributed by atoms with Crippen molar-refractivity contribution in [2.45, 2.75) is 26.1 Å². The molecule has 0 spiro atoms. The third-order valence-electron chi connectivity index (χ3n) is 4.67. The van der Waals surface area contributed by atoms with Crippen LogP contribution in [-0.4, -0.2) is 26.1 Å². The summed E-state index contributed by atoms with van der Waals surface area (Å²) in [5.41, 5.74) is 1.19. The molecule has 3 rings (SSSR count). The van der Waals surface area contributed by atoms with E-state index >= 15 is 0 Å². The van der Waals surface area contributed by atoms with Crippen LogP contribution < -0.4 is 4.90 Å². The van der Waals surface area contributed by atoms with Gasteiger partial charge < -0.3 is 4.90 Å². The maximum absolute atomic E-state index is 13.1. The first kappa shape index (κ1) is 20.1. The summed E-state index contributed by atoms with van der Waals surface area (Å²) in [7, 11) is -3.47. The van der Waals surface area contributed by atoms with Crippen LogP contribution in [0.4, 0.5) is 18.9 Å². The Morgan fingerprint density at radius 1 is 1.07 bits per heavy atom. The lowest BCUT2D eigenvalue weighted by Gasteiger charge is -2.28. The Kier molecular flexibility index (Phi) is 5.10. The zero-order valence-electron chi connectivity index (χ0n) is 15.2. The molecule has 0 aromatic heterocycles. The van der Waals surface area contributed by atoms with Crippen molar-refractivity contribution in [3.05, 3.63) is 76.2 Å². The summed E-state index contributed by atoms with van der Waals surface area (Å²) in [4.78, 5) is 14.4. The van der Waals surface area contributed by atoms with Crippen LogP contribution in [0, 0.1) is 13.8 Å². The molecule has 1 aliphatic rings. The molecule has 0 bridgehead atoms.